The first kappa shape index (κ1) is 20.7. The number of nitriles is 1. The van der Waals surface area contributed by atoms with E-state index in [0.29, 0.717) is 47.9 Å². The molecule has 0 radical (unpaired) electrons. The third kappa shape index (κ3) is 2.96. The predicted octanol–water partition coefficient (Wildman–Crippen LogP) is 3.64. The molecule has 2 aromatic rings. The molecule has 0 bridgehead atoms. The van der Waals surface area contributed by atoms with E-state index in [2.05, 4.69) is 15.5 Å². The SMILES string of the molecule is N#CC1=C(N)SC2C1=C(c1c(F)cc3c(c1Cl)OCCC1CNCc4nnc-3n41)C=CC2F. The number of halogens is 3. The number of aromatic nitrogens is 3. The van der Waals surface area contributed by atoms with Gasteiger partial charge < -0.3 is 20.4 Å². The summed E-state index contributed by atoms with van der Waals surface area (Å²) in [5.41, 5.74) is 7.28. The lowest BCUT2D eigenvalue weighted by Gasteiger charge is -2.30. The van der Waals surface area contributed by atoms with Crippen LogP contribution in [0.15, 0.2) is 34.4 Å². The molecule has 3 N–H and O–H groups in total. The van der Waals surface area contributed by atoms with Gasteiger partial charge in [0.1, 0.15) is 29.6 Å². The number of allylic oxidation sites excluding steroid dienone is 4. The van der Waals surface area contributed by atoms with Crippen LogP contribution in [0.5, 0.6) is 5.75 Å². The van der Waals surface area contributed by atoms with Crippen LogP contribution in [0.2, 0.25) is 5.02 Å². The molecule has 168 valence electrons. The molecule has 11 heteroatoms. The quantitative estimate of drug-likeness (QED) is 0.634. The van der Waals surface area contributed by atoms with E-state index in [9.17, 15) is 9.65 Å². The number of nitrogens with one attached hydrogen (secondary N) is 1. The highest BCUT2D eigenvalue weighted by molar-refractivity contribution is 8.04. The van der Waals surface area contributed by atoms with Crippen LogP contribution in [0.25, 0.3) is 17.0 Å². The molecule has 3 atom stereocenters. The third-order valence-electron chi connectivity index (χ3n) is 6.37. The van der Waals surface area contributed by atoms with Crippen molar-refractivity contribution in [3.63, 3.8) is 0 Å². The minimum atomic E-state index is -1.35. The summed E-state index contributed by atoms with van der Waals surface area (Å²) in [4.78, 5) is 0. The molecule has 33 heavy (non-hydrogen) atoms. The highest BCUT2D eigenvalue weighted by Gasteiger charge is 2.40. The molecule has 3 unspecified atom stereocenters. The molecule has 4 aliphatic rings. The average Bonchev–Trinajstić information content (AvgIpc) is 3.37. The van der Waals surface area contributed by atoms with E-state index in [0.717, 1.165) is 24.1 Å². The fourth-order valence-corrected chi connectivity index (χ4v) is 6.37. The number of nitrogens with zero attached hydrogens (tertiary/aromatic N) is 4. The Morgan fingerprint density at radius 2 is 2.24 bits per heavy atom. The second kappa shape index (κ2) is 7.58. The molecule has 1 aromatic heterocycles. The summed E-state index contributed by atoms with van der Waals surface area (Å²) < 4.78 is 38.4. The molecule has 6 rings (SSSR count). The van der Waals surface area contributed by atoms with E-state index in [4.69, 9.17) is 22.1 Å². The van der Waals surface area contributed by atoms with Gasteiger partial charge in [-0.3, -0.25) is 0 Å². The molecular weight excluding hydrogens is 470 g/mol. The Hall–Kier alpha value is -2.87. The first-order chi connectivity index (χ1) is 16.0. The molecule has 0 fully saturated rings. The zero-order chi connectivity index (χ0) is 22.9. The van der Waals surface area contributed by atoms with Crippen LogP contribution in [0.3, 0.4) is 0 Å². The summed E-state index contributed by atoms with van der Waals surface area (Å²) in [5.74, 6) is 0.938. The van der Waals surface area contributed by atoms with E-state index >= 15 is 4.39 Å². The summed E-state index contributed by atoms with van der Waals surface area (Å²) in [6.45, 7) is 1.67. The van der Waals surface area contributed by atoms with Crippen LogP contribution in [0.1, 0.15) is 23.9 Å². The van der Waals surface area contributed by atoms with Gasteiger partial charge in [0.05, 0.1) is 45.6 Å². The van der Waals surface area contributed by atoms with Gasteiger partial charge in [-0.1, -0.05) is 29.4 Å². The lowest BCUT2D eigenvalue weighted by Crippen LogP contribution is -2.35. The van der Waals surface area contributed by atoms with Crippen molar-refractivity contribution < 1.29 is 13.5 Å². The van der Waals surface area contributed by atoms with Crippen molar-refractivity contribution in [1.29, 1.82) is 5.26 Å². The maximum atomic E-state index is 15.7. The molecule has 7 nitrogen and oxygen atoms in total. The van der Waals surface area contributed by atoms with Crippen molar-refractivity contribution in [3.8, 4) is 23.2 Å². The van der Waals surface area contributed by atoms with Crippen molar-refractivity contribution in [2.75, 3.05) is 13.2 Å². The number of fused-ring (bicyclic) bond motifs is 3. The number of alkyl halides is 1. The second-order valence-corrected chi connectivity index (χ2v) is 9.74. The van der Waals surface area contributed by atoms with Gasteiger partial charge in [-0.05, 0) is 23.3 Å². The molecule has 1 aliphatic carbocycles. The van der Waals surface area contributed by atoms with Crippen molar-refractivity contribution in [2.24, 2.45) is 5.73 Å². The van der Waals surface area contributed by atoms with E-state index in [-0.39, 0.29) is 27.2 Å². The molecule has 0 saturated carbocycles. The highest BCUT2D eigenvalue weighted by Crippen LogP contribution is 2.51. The topological polar surface area (TPSA) is 102 Å². The molecule has 3 aliphatic heterocycles. The molecule has 1 aromatic carbocycles. The Labute approximate surface area is 196 Å². The van der Waals surface area contributed by atoms with Gasteiger partial charge in [-0.25, -0.2) is 8.78 Å². The lowest BCUT2D eigenvalue weighted by atomic mass is 9.86. The van der Waals surface area contributed by atoms with Gasteiger partial charge in [0, 0.05) is 18.5 Å². The van der Waals surface area contributed by atoms with E-state index in [1.807, 2.05) is 10.6 Å². The summed E-state index contributed by atoms with van der Waals surface area (Å²) in [6, 6.07) is 3.45. The number of benzene rings is 1. The Morgan fingerprint density at radius 1 is 1.39 bits per heavy atom. The minimum absolute atomic E-state index is 0.0469. The van der Waals surface area contributed by atoms with E-state index < -0.39 is 17.2 Å². The Balaban J connectivity index is 1.59. The van der Waals surface area contributed by atoms with Gasteiger partial charge in [0.25, 0.3) is 0 Å². The number of rotatable bonds is 1. The van der Waals surface area contributed by atoms with Gasteiger partial charge in [-0.15, -0.1) is 10.2 Å². The number of nitrogens with two attached hydrogens (primary N) is 1. The Bertz CT molecular complexity index is 1340. The van der Waals surface area contributed by atoms with Crippen LogP contribution in [0.4, 0.5) is 8.78 Å². The molecule has 4 heterocycles. The predicted molar refractivity (Wildman–Crippen MR) is 120 cm³/mol. The Kier molecular flexibility index (Phi) is 4.76. The van der Waals surface area contributed by atoms with Crippen molar-refractivity contribution in [1.82, 2.24) is 20.1 Å². The summed E-state index contributed by atoms with van der Waals surface area (Å²) in [5, 5.41) is 21.0. The fourth-order valence-electron chi connectivity index (χ4n) is 4.89. The molecule has 0 spiro atoms. The highest BCUT2D eigenvalue weighted by atomic mass is 35.5. The molecule has 0 saturated heterocycles. The van der Waals surface area contributed by atoms with Crippen molar-refractivity contribution in [2.45, 2.75) is 30.4 Å². The maximum absolute atomic E-state index is 15.7. The first-order valence-corrected chi connectivity index (χ1v) is 11.7. The van der Waals surface area contributed by atoms with Crippen LogP contribution < -0.4 is 15.8 Å². The number of hydrogen-bond donors (Lipinski definition) is 2. The largest absolute Gasteiger partial charge is 0.491 e. The van der Waals surface area contributed by atoms with Crippen LogP contribution in [-0.4, -0.2) is 39.3 Å². The summed E-state index contributed by atoms with van der Waals surface area (Å²) >= 11 is 7.83. The van der Waals surface area contributed by atoms with E-state index in [1.54, 1.807) is 0 Å². The summed E-state index contributed by atoms with van der Waals surface area (Å²) in [6.07, 6.45) is 2.15. The van der Waals surface area contributed by atoms with Crippen LogP contribution >= 0.6 is 23.4 Å². The molecular formula is C22H17ClF2N6OS. The fraction of sp³-hybridized carbons (Fsp3) is 0.318. The average molecular weight is 487 g/mol. The standard InChI is InChI=1S/C22H17ClF2N6OS/c23-18-17(10-1-2-13(24)20-16(10)12(6-26)21(27)33-20)14(25)5-11-19(18)32-4-3-9-7-28-8-15-29-30-22(11)31(9)15/h1-2,5,9,13,20,28H,3-4,7-8,27H2. The van der Waals surface area contributed by atoms with Gasteiger partial charge in [0.15, 0.2) is 5.82 Å². The van der Waals surface area contributed by atoms with Crippen molar-refractivity contribution >= 4 is 28.9 Å². The smallest absolute Gasteiger partial charge is 0.168 e. The number of thioether (sulfide) groups is 1. The van der Waals surface area contributed by atoms with E-state index in [1.165, 1.54) is 18.2 Å². The lowest BCUT2D eigenvalue weighted by molar-refractivity contribution is 0.257. The minimum Gasteiger partial charge on any atom is -0.491 e. The zero-order valence-electron chi connectivity index (χ0n) is 17.1. The van der Waals surface area contributed by atoms with Gasteiger partial charge >= 0.3 is 0 Å². The van der Waals surface area contributed by atoms with Gasteiger partial charge in [-0.2, -0.15) is 5.26 Å². The van der Waals surface area contributed by atoms with Crippen molar-refractivity contribution in [3.05, 3.63) is 56.6 Å². The van der Waals surface area contributed by atoms with Gasteiger partial charge in [0.2, 0.25) is 0 Å². The first-order valence-electron chi connectivity index (χ1n) is 10.4. The number of hydrogen-bond acceptors (Lipinski definition) is 7. The maximum Gasteiger partial charge on any atom is 0.168 e. The molecule has 0 amide bonds. The zero-order valence-corrected chi connectivity index (χ0v) is 18.7. The van der Waals surface area contributed by atoms with Crippen LogP contribution in [0, 0.1) is 17.1 Å². The second-order valence-electron chi connectivity index (χ2n) is 8.18. The normalized spacial score (nSPS) is 25.6. The monoisotopic (exact) mass is 486 g/mol. The number of ether oxygens (including phenoxy) is 1. The Morgan fingerprint density at radius 3 is 3.06 bits per heavy atom. The third-order valence-corrected chi connectivity index (χ3v) is 7.94. The summed E-state index contributed by atoms with van der Waals surface area (Å²) in [7, 11) is 0. The van der Waals surface area contributed by atoms with Crippen LogP contribution in [-0.2, 0) is 6.54 Å².